The van der Waals surface area contributed by atoms with E-state index >= 15 is 0 Å². The minimum Gasteiger partial charge on any atom is -0.405 e. The quantitative estimate of drug-likeness (QED) is 0.685. The van der Waals surface area contributed by atoms with Crippen LogP contribution in [0.25, 0.3) is 0 Å². The van der Waals surface area contributed by atoms with Gasteiger partial charge in [-0.15, -0.1) is 24.9 Å². The minimum absolute atomic E-state index is 0.233. The SMILES string of the molecule is FC(F)(F)Oc1ccc(Cl)cc1SCc1ccccc1. The topological polar surface area (TPSA) is 9.23 Å². The summed E-state index contributed by atoms with van der Waals surface area (Å²) in [5.41, 5.74) is 1.01. The molecular weight excluding hydrogens is 309 g/mol. The fourth-order valence-corrected chi connectivity index (χ4v) is 2.75. The zero-order valence-corrected chi connectivity index (χ0v) is 11.7. The number of benzene rings is 2. The van der Waals surface area contributed by atoms with Gasteiger partial charge < -0.3 is 4.74 Å². The van der Waals surface area contributed by atoms with Gasteiger partial charge in [-0.1, -0.05) is 41.9 Å². The predicted octanol–water partition coefficient (Wildman–Crippen LogP) is 5.53. The van der Waals surface area contributed by atoms with Crippen LogP contribution in [-0.2, 0) is 5.75 Å². The van der Waals surface area contributed by atoms with Crippen LogP contribution in [0.4, 0.5) is 13.2 Å². The van der Waals surface area contributed by atoms with Crippen LogP contribution in [0.15, 0.2) is 53.4 Å². The molecule has 0 spiro atoms. The summed E-state index contributed by atoms with van der Waals surface area (Å²) in [6.45, 7) is 0. The summed E-state index contributed by atoms with van der Waals surface area (Å²) in [6, 6.07) is 13.5. The molecule has 2 aromatic carbocycles. The Balaban J connectivity index is 2.15. The van der Waals surface area contributed by atoms with Crippen molar-refractivity contribution in [1.29, 1.82) is 0 Å². The van der Waals surface area contributed by atoms with E-state index in [0.717, 1.165) is 5.56 Å². The summed E-state index contributed by atoms with van der Waals surface area (Å²) in [5, 5.41) is 0.370. The van der Waals surface area contributed by atoms with E-state index in [4.69, 9.17) is 11.6 Å². The van der Waals surface area contributed by atoms with Gasteiger partial charge in [0, 0.05) is 10.8 Å². The molecule has 0 bridgehead atoms. The van der Waals surface area contributed by atoms with Gasteiger partial charge in [0.15, 0.2) is 0 Å². The Bertz CT molecular complexity index is 572. The maximum absolute atomic E-state index is 12.3. The first-order chi connectivity index (χ1) is 9.44. The molecule has 0 aromatic heterocycles. The lowest BCUT2D eigenvalue weighted by Crippen LogP contribution is -2.17. The van der Waals surface area contributed by atoms with Crippen LogP contribution < -0.4 is 4.74 Å². The van der Waals surface area contributed by atoms with E-state index in [1.54, 1.807) is 0 Å². The Hall–Kier alpha value is -1.33. The van der Waals surface area contributed by atoms with E-state index in [-0.39, 0.29) is 5.75 Å². The molecule has 0 saturated carbocycles. The molecule has 0 aliphatic rings. The Morgan fingerprint density at radius 3 is 2.40 bits per heavy atom. The monoisotopic (exact) mass is 318 g/mol. The van der Waals surface area contributed by atoms with Crippen LogP contribution in [0.1, 0.15) is 5.56 Å². The zero-order valence-electron chi connectivity index (χ0n) is 10.2. The summed E-state index contributed by atoms with van der Waals surface area (Å²) in [4.78, 5) is 0.360. The molecule has 0 aliphatic carbocycles. The second-order valence-electron chi connectivity index (χ2n) is 3.91. The molecule has 6 heteroatoms. The number of ether oxygens (including phenoxy) is 1. The van der Waals surface area contributed by atoms with E-state index in [2.05, 4.69) is 4.74 Å². The van der Waals surface area contributed by atoms with Gasteiger partial charge >= 0.3 is 6.36 Å². The molecule has 0 aliphatic heterocycles. The zero-order chi connectivity index (χ0) is 14.6. The molecule has 0 atom stereocenters. The third-order valence-corrected chi connectivity index (χ3v) is 3.71. The van der Waals surface area contributed by atoms with Gasteiger partial charge in [0.25, 0.3) is 0 Å². The normalized spacial score (nSPS) is 11.4. The lowest BCUT2D eigenvalue weighted by atomic mass is 10.2. The van der Waals surface area contributed by atoms with E-state index in [9.17, 15) is 13.2 Å². The van der Waals surface area contributed by atoms with E-state index < -0.39 is 6.36 Å². The van der Waals surface area contributed by atoms with Gasteiger partial charge in [0.1, 0.15) is 5.75 Å². The van der Waals surface area contributed by atoms with Crippen LogP contribution >= 0.6 is 23.4 Å². The van der Waals surface area contributed by atoms with E-state index in [1.807, 2.05) is 30.3 Å². The summed E-state index contributed by atoms with van der Waals surface area (Å²) in [5.74, 6) is 0.304. The molecule has 0 fully saturated rings. The number of thioether (sulfide) groups is 1. The number of rotatable bonds is 4. The van der Waals surface area contributed by atoms with Crippen molar-refractivity contribution in [3.05, 3.63) is 59.1 Å². The molecule has 20 heavy (non-hydrogen) atoms. The summed E-state index contributed by atoms with van der Waals surface area (Å²) < 4.78 is 41.0. The van der Waals surface area contributed by atoms with Crippen molar-refractivity contribution in [2.45, 2.75) is 17.0 Å². The molecule has 0 heterocycles. The van der Waals surface area contributed by atoms with Crippen molar-refractivity contribution in [2.75, 3.05) is 0 Å². The average molecular weight is 319 g/mol. The van der Waals surface area contributed by atoms with Gasteiger partial charge in [-0.2, -0.15) is 0 Å². The van der Waals surface area contributed by atoms with Crippen molar-refractivity contribution in [2.24, 2.45) is 0 Å². The summed E-state index contributed by atoms with van der Waals surface area (Å²) in [6.07, 6.45) is -4.71. The molecule has 106 valence electrons. The molecular formula is C14H10ClF3OS. The van der Waals surface area contributed by atoms with Crippen molar-refractivity contribution >= 4 is 23.4 Å². The molecule has 2 aromatic rings. The van der Waals surface area contributed by atoms with Crippen LogP contribution in [0.3, 0.4) is 0 Å². The molecule has 0 saturated heterocycles. The standard InChI is InChI=1S/C14H10ClF3OS/c15-11-6-7-12(19-14(16,17)18)13(8-11)20-9-10-4-2-1-3-5-10/h1-8H,9H2. The predicted molar refractivity (Wildman–Crippen MR) is 74.1 cm³/mol. The molecule has 0 unspecified atom stereocenters. The second-order valence-corrected chi connectivity index (χ2v) is 5.37. The molecule has 1 nitrogen and oxygen atoms in total. The van der Waals surface area contributed by atoms with E-state index in [0.29, 0.717) is 15.7 Å². The molecule has 2 rings (SSSR count). The van der Waals surface area contributed by atoms with E-state index in [1.165, 1.54) is 30.0 Å². The third kappa shape index (κ3) is 4.65. The third-order valence-electron chi connectivity index (χ3n) is 2.37. The smallest absolute Gasteiger partial charge is 0.405 e. The van der Waals surface area contributed by atoms with Crippen molar-refractivity contribution in [3.8, 4) is 5.75 Å². The summed E-state index contributed by atoms with van der Waals surface area (Å²) in [7, 11) is 0. The molecule has 0 radical (unpaired) electrons. The molecule has 0 amide bonds. The van der Waals surface area contributed by atoms with Gasteiger partial charge in [0.2, 0.25) is 0 Å². The number of alkyl halides is 3. The Morgan fingerprint density at radius 1 is 1.05 bits per heavy atom. The Morgan fingerprint density at radius 2 is 1.75 bits per heavy atom. The first kappa shape index (κ1) is 15.1. The van der Waals surface area contributed by atoms with Crippen molar-refractivity contribution in [3.63, 3.8) is 0 Å². The highest BCUT2D eigenvalue weighted by Gasteiger charge is 2.32. The number of hydrogen-bond donors (Lipinski definition) is 0. The largest absolute Gasteiger partial charge is 0.573 e. The van der Waals surface area contributed by atoms with Crippen LogP contribution in [0, 0.1) is 0 Å². The van der Waals surface area contributed by atoms with Crippen molar-refractivity contribution in [1.82, 2.24) is 0 Å². The first-order valence-corrected chi connectivity index (χ1v) is 7.02. The number of hydrogen-bond acceptors (Lipinski definition) is 2. The fraction of sp³-hybridized carbons (Fsp3) is 0.143. The first-order valence-electron chi connectivity index (χ1n) is 5.66. The minimum atomic E-state index is -4.71. The van der Waals surface area contributed by atoms with Crippen LogP contribution in [0.5, 0.6) is 5.75 Å². The molecule has 0 N–H and O–H groups in total. The van der Waals surface area contributed by atoms with Crippen LogP contribution in [-0.4, -0.2) is 6.36 Å². The lowest BCUT2D eigenvalue weighted by Gasteiger charge is -2.13. The average Bonchev–Trinajstić information content (AvgIpc) is 2.39. The van der Waals surface area contributed by atoms with Gasteiger partial charge in [-0.3, -0.25) is 0 Å². The van der Waals surface area contributed by atoms with Crippen LogP contribution in [0.2, 0.25) is 5.02 Å². The maximum atomic E-state index is 12.3. The fourth-order valence-electron chi connectivity index (χ4n) is 1.54. The number of halogens is 4. The highest BCUT2D eigenvalue weighted by Crippen LogP contribution is 2.36. The Kier molecular flexibility index (Phi) is 4.83. The Labute approximate surface area is 123 Å². The van der Waals surface area contributed by atoms with Gasteiger partial charge in [0.05, 0.1) is 4.90 Å². The van der Waals surface area contributed by atoms with Crippen molar-refractivity contribution < 1.29 is 17.9 Å². The second kappa shape index (κ2) is 6.41. The highest BCUT2D eigenvalue weighted by atomic mass is 35.5. The lowest BCUT2D eigenvalue weighted by molar-refractivity contribution is -0.275. The summed E-state index contributed by atoms with van der Waals surface area (Å²) >= 11 is 7.07. The maximum Gasteiger partial charge on any atom is 0.573 e. The highest BCUT2D eigenvalue weighted by molar-refractivity contribution is 7.98. The van der Waals surface area contributed by atoms with Gasteiger partial charge in [-0.05, 0) is 23.8 Å². The van der Waals surface area contributed by atoms with Gasteiger partial charge in [-0.25, -0.2) is 0 Å².